The molecule has 0 spiro atoms. The minimum Gasteiger partial charge on any atom is -0.494 e. The number of aromatic nitrogens is 2. The molecule has 0 unspecified atom stereocenters. The van der Waals surface area contributed by atoms with E-state index in [9.17, 15) is 0 Å². The Kier molecular flexibility index (Phi) is 5.75. The topological polar surface area (TPSA) is 36.3 Å². The summed E-state index contributed by atoms with van der Waals surface area (Å²) in [6, 6.07) is 31.0. The summed E-state index contributed by atoms with van der Waals surface area (Å²) in [5.74, 6) is 2.66. The third-order valence-electron chi connectivity index (χ3n) is 5.56. The van der Waals surface area contributed by atoms with Crippen LogP contribution in [0.25, 0.3) is 21.8 Å². The van der Waals surface area contributed by atoms with Crippen LogP contribution in [0.5, 0.6) is 11.5 Å². The van der Waals surface area contributed by atoms with E-state index in [0.717, 1.165) is 47.9 Å². The predicted octanol–water partition coefficient (Wildman–Crippen LogP) is 6.61. The number of nitrogens with zero attached hydrogens (tertiary/aromatic N) is 2. The van der Waals surface area contributed by atoms with Crippen LogP contribution in [0.2, 0.25) is 0 Å². The van der Waals surface area contributed by atoms with Gasteiger partial charge in [0.15, 0.2) is 0 Å². The lowest BCUT2D eigenvalue weighted by molar-refractivity contribution is 0.291. The summed E-state index contributed by atoms with van der Waals surface area (Å²) >= 11 is 0. The van der Waals surface area contributed by atoms with Crippen LogP contribution >= 0.6 is 0 Å². The lowest BCUT2D eigenvalue weighted by atomic mass is 10.1. The first-order valence-corrected chi connectivity index (χ1v) is 11.1. The number of rotatable bonds is 8. The van der Waals surface area contributed by atoms with Crippen LogP contribution in [0.3, 0.4) is 0 Å². The fourth-order valence-electron chi connectivity index (χ4n) is 3.91. The van der Waals surface area contributed by atoms with Gasteiger partial charge in [0.25, 0.3) is 0 Å². The number of imidazole rings is 1. The van der Waals surface area contributed by atoms with Crippen LogP contribution in [-0.2, 0) is 13.2 Å². The molecular formula is C28H26N2O2. The zero-order valence-electron chi connectivity index (χ0n) is 18.2. The standard InChI is InChI=1S/C28H26N2O2/c1-2-17-31-24-14-11-21(12-15-24)19-30-27-10-6-5-9-26(27)29-28(30)20-32-25-16-13-22-7-3-4-8-23(22)18-25/h3-16,18H,2,17,19-20H2,1H3. The Morgan fingerprint density at radius 1 is 0.750 bits per heavy atom. The average Bonchev–Trinajstić information content (AvgIpc) is 3.19. The molecule has 160 valence electrons. The van der Waals surface area contributed by atoms with E-state index < -0.39 is 0 Å². The molecule has 0 aliphatic heterocycles. The Morgan fingerprint density at radius 2 is 1.50 bits per heavy atom. The SMILES string of the molecule is CCCOc1ccc(Cn2c(COc3ccc4ccccc4c3)nc3ccccc32)cc1. The van der Waals surface area contributed by atoms with Crippen molar-refractivity contribution in [3.05, 3.63) is 102 Å². The van der Waals surface area contributed by atoms with Crippen LogP contribution in [-0.4, -0.2) is 16.2 Å². The van der Waals surface area contributed by atoms with Crippen molar-refractivity contribution in [3.8, 4) is 11.5 Å². The van der Waals surface area contributed by atoms with Crippen molar-refractivity contribution in [3.63, 3.8) is 0 Å². The lowest BCUT2D eigenvalue weighted by Gasteiger charge is -2.12. The second-order valence-corrected chi connectivity index (χ2v) is 7.89. The number of ether oxygens (including phenoxy) is 2. The summed E-state index contributed by atoms with van der Waals surface area (Å²) in [6.07, 6.45) is 1.00. The highest BCUT2D eigenvalue weighted by atomic mass is 16.5. The van der Waals surface area contributed by atoms with Crippen molar-refractivity contribution in [1.82, 2.24) is 9.55 Å². The third kappa shape index (κ3) is 4.30. The first-order valence-electron chi connectivity index (χ1n) is 11.1. The predicted molar refractivity (Wildman–Crippen MR) is 129 cm³/mol. The van der Waals surface area contributed by atoms with Gasteiger partial charge in [-0.25, -0.2) is 4.98 Å². The summed E-state index contributed by atoms with van der Waals surface area (Å²) in [7, 11) is 0. The first kappa shape index (κ1) is 20.1. The van der Waals surface area contributed by atoms with E-state index in [1.807, 2.05) is 42.5 Å². The highest BCUT2D eigenvalue weighted by Gasteiger charge is 2.12. The van der Waals surface area contributed by atoms with Gasteiger partial charge >= 0.3 is 0 Å². The molecule has 0 radical (unpaired) electrons. The molecule has 0 amide bonds. The van der Waals surface area contributed by atoms with Crippen molar-refractivity contribution >= 4 is 21.8 Å². The highest BCUT2D eigenvalue weighted by Crippen LogP contribution is 2.24. The lowest BCUT2D eigenvalue weighted by Crippen LogP contribution is -2.08. The van der Waals surface area contributed by atoms with E-state index in [0.29, 0.717) is 6.61 Å². The van der Waals surface area contributed by atoms with E-state index in [1.54, 1.807) is 0 Å². The highest BCUT2D eigenvalue weighted by molar-refractivity contribution is 5.83. The van der Waals surface area contributed by atoms with Crippen LogP contribution in [0.4, 0.5) is 0 Å². The minimum atomic E-state index is 0.407. The molecule has 32 heavy (non-hydrogen) atoms. The van der Waals surface area contributed by atoms with Crippen molar-refractivity contribution < 1.29 is 9.47 Å². The Bertz CT molecular complexity index is 1340. The molecule has 1 aromatic heterocycles. The van der Waals surface area contributed by atoms with Gasteiger partial charge in [0.2, 0.25) is 0 Å². The molecule has 0 aliphatic carbocycles. The summed E-state index contributed by atoms with van der Waals surface area (Å²) < 4.78 is 14.1. The zero-order valence-corrected chi connectivity index (χ0v) is 18.2. The van der Waals surface area contributed by atoms with E-state index >= 15 is 0 Å². The molecule has 0 fully saturated rings. The Balaban J connectivity index is 1.39. The second-order valence-electron chi connectivity index (χ2n) is 7.89. The summed E-state index contributed by atoms with van der Waals surface area (Å²) in [6.45, 7) is 3.98. The van der Waals surface area contributed by atoms with Crippen molar-refractivity contribution in [1.29, 1.82) is 0 Å². The monoisotopic (exact) mass is 422 g/mol. The van der Waals surface area contributed by atoms with Gasteiger partial charge in [-0.3, -0.25) is 0 Å². The van der Waals surface area contributed by atoms with Crippen LogP contribution in [0.15, 0.2) is 91.0 Å². The van der Waals surface area contributed by atoms with E-state index in [-0.39, 0.29) is 0 Å². The molecule has 5 aromatic rings. The molecule has 1 heterocycles. The Labute approximate surface area is 188 Å². The van der Waals surface area contributed by atoms with Crippen LogP contribution in [0.1, 0.15) is 24.7 Å². The first-order chi connectivity index (χ1) is 15.8. The molecule has 4 heteroatoms. The quantitative estimate of drug-likeness (QED) is 0.282. The third-order valence-corrected chi connectivity index (χ3v) is 5.56. The van der Waals surface area contributed by atoms with Crippen molar-refractivity contribution in [2.45, 2.75) is 26.5 Å². The van der Waals surface area contributed by atoms with Gasteiger partial charge in [0, 0.05) is 6.54 Å². The fourth-order valence-corrected chi connectivity index (χ4v) is 3.91. The number of fused-ring (bicyclic) bond motifs is 2. The summed E-state index contributed by atoms with van der Waals surface area (Å²) in [4.78, 5) is 4.86. The van der Waals surface area contributed by atoms with E-state index in [4.69, 9.17) is 14.5 Å². The van der Waals surface area contributed by atoms with Gasteiger partial charge in [-0.2, -0.15) is 0 Å². The Morgan fingerprint density at radius 3 is 2.34 bits per heavy atom. The molecule has 0 N–H and O–H groups in total. The fraction of sp³-hybridized carbons (Fsp3) is 0.179. The van der Waals surface area contributed by atoms with Gasteiger partial charge in [-0.1, -0.05) is 61.5 Å². The second kappa shape index (κ2) is 9.15. The maximum Gasteiger partial charge on any atom is 0.148 e. The number of para-hydroxylation sites is 2. The molecule has 0 saturated carbocycles. The van der Waals surface area contributed by atoms with Crippen LogP contribution < -0.4 is 9.47 Å². The number of hydrogen-bond acceptors (Lipinski definition) is 3. The molecule has 0 atom stereocenters. The minimum absolute atomic E-state index is 0.407. The van der Waals surface area contributed by atoms with Gasteiger partial charge in [-0.05, 0) is 59.2 Å². The van der Waals surface area contributed by atoms with E-state index in [1.165, 1.54) is 16.3 Å². The van der Waals surface area contributed by atoms with Gasteiger partial charge in [0.1, 0.15) is 23.9 Å². The number of benzene rings is 4. The molecule has 0 bridgehead atoms. The number of hydrogen-bond donors (Lipinski definition) is 0. The van der Waals surface area contributed by atoms with Crippen molar-refractivity contribution in [2.75, 3.05) is 6.61 Å². The Hall–Kier alpha value is -3.79. The normalized spacial score (nSPS) is 11.2. The summed E-state index contributed by atoms with van der Waals surface area (Å²) in [5, 5.41) is 2.38. The molecular weight excluding hydrogens is 396 g/mol. The average molecular weight is 423 g/mol. The molecule has 5 rings (SSSR count). The van der Waals surface area contributed by atoms with Gasteiger partial charge in [0.05, 0.1) is 17.6 Å². The maximum atomic E-state index is 6.17. The molecule has 0 saturated heterocycles. The molecule has 4 aromatic carbocycles. The summed E-state index contributed by atoms with van der Waals surface area (Å²) in [5.41, 5.74) is 3.28. The van der Waals surface area contributed by atoms with Crippen molar-refractivity contribution in [2.24, 2.45) is 0 Å². The van der Waals surface area contributed by atoms with E-state index in [2.05, 4.69) is 60.0 Å². The zero-order chi connectivity index (χ0) is 21.8. The van der Waals surface area contributed by atoms with Gasteiger partial charge in [-0.15, -0.1) is 0 Å². The molecule has 4 nitrogen and oxygen atoms in total. The smallest absolute Gasteiger partial charge is 0.148 e. The molecule has 0 aliphatic rings. The van der Waals surface area contributed by atoms with Gasteiger partial charge < -0.3 is 14.0 Å². The van der Waals surface area contributed by atoms with Crippen LogP contribution in [0, 0.1) is 0 Å². The maximum absolute atomic E-state index is 6.17. The largest absolute Gasteiger partial charge is 0.494 e.